The highest BCUT2D eigenvalue weighted by atomic mass is 15.2. The van der Waals surface area contributed by atoms with Crippen LogP contribution in [-0.2, 0) is 6.54 Å². The molecule has 0 bridgehead atoms. The summed E-state index contributed by atoms with van der Waals surface area (Å²) in [6.07, 6.45) is 1.83. The highest BCUT2D eigenvalue weighted by Crippen LogP contribution is 2.16. The number of hydrogen-bond acceptors (Lipinski definition) is 2. The van der Waals surface area contributed by atoms with Gasteiger partial charge < -0.3 is 10.6 Å². The van der Waals surface area contributed by atoms with Gasteiger partial charge >= 0.3 is 0 Å². The fraction of sp³-hybridized carbons (Fsp3) is 0.200. The average molecular weight is 318 g/mol. The molecule has 2 N–H and O–H groups in total. The molecule has 0 radical (unpaired) electrons. The van der Waals surface area contributed by atoms with Crippen LogP contribution in [0, 0.1) is 0 Å². The smallest absolute Gasteiger partial charge is 0.191 e. The van der Waals surface area contributed by atoms with Crippen molar-refractivity contribution < 1.29 is 0 Å². The first-order valence-corrected chi connectivity index (χ1v) is 8.12. The van der Waals surface area contributed by atoms with Gasteiger partial charge in [-0.15, -0.1) is 0 Å². The number of fused-ring (bicyclic) bond motifs is 1. The van der Waals surface area contributed by atoms with Crippen LogP contribution < -0.4 is 10.6 Å². The van der Waals surface area contributed by atoms with Gasteiger partial charge in [0, 0.05) is 25.2 Å². The van der Waals surface area contributed by atoms with E-state index in [1.54, 1.807) is 7.05 Å². The van der Waals surface area contributed by atoms with E-state index in [4.69, 9.17) is 0 Å². The predicted molar refractivity (Wildman–Crippen MR) is 99.9 cm³/mol. The summed E-state index contributed by atoms with van der Waals surface area (Å²) in [5.74, 6) is 0.777. The zero-order valence-corrected chi connectivity index (χ0v) is 14.0. The molecule has 0 aliphatic carbocycles. The molecule has 3 aromatic rings. The number of nitrogens with one attached hydrogen (secondary N) is 2. The maximum absolute atomic E-state index is 4.49. The number of aliphatic imine (C=N–C) groups is 1. The summed E-state index contributed by atoms with van der Waals surface area (Å²) >= 11 is 0. The average Bonchev–Trinajstić information content (AvgIpc) is 2.65. The molecule has 0 saturated carbocycles. The minimum Gasteiger partial charge on any atom is -0.352 e. The minimum absolute atomic E-state index is 0.183. The Balaban J connectivity index is 1.68. The van der Waals surface area contributed by atoms with Crippen molar-refractivity contribution in [2.75, 3.05) is 7.05 Å². The van der Waals surface area contributed by atoms with Crippen LogP contribution in [0.2, 0.25) is 0 Å². The van der Waals surface area contributed by atoms with E-state index in [1.165, 1.54) is 5.56 Å². The number of hydrogen-bond donors (Lipinski definition) is 2. The van der Waals surface area contributed by atoms with Gasteiger partial charge in [-0.25, -0.2) is 0 Å². The van der Waals surface area contributed by atoms with E-state index in [0.717, 1.165) is 22.4 Å². The van der Waals surface area contributed by atoms with Crippen LogP contribution in [0.3, 0.4) is 0 Å². The summed E-state index contributed by atoms with van der Waals surface area (Å²) in [6.45, 7) is 2.80. The monoisotopic (exact) mass is 318 g/mol. The number of aromatic nitrogens is 1. The molecule has 24 heavy (non-hydrogen) atoms. The molecule has 0 spiro atoms. The molecule has 1 heterocycles. The molecular formula is C20H22N4. The number of nitrogens with zero attached hydrogens (tertiary/aromatic N) is 2. The summed E-state index contributed by atoms with van der Waals surface area (Å²) in [6, 6.07) is 20.8. The molecule has 1 atom stereocenters. The van der Waals surface area contributed by atoms with Crippen molar-refractivity contribution in [3.63, 3.8) is 0 Å². The Morgan fingerprint density at radius 3 is 2.62 bits per heavy atom. The van der Waals surface area contributed by atoms with Gasteiger partial charge in [-0.05, 0) is 24.1 Å². The highest BCUT2D eigenvalue weighted by molar-refractivity contribution is 5.83. The highest BCUT2D eigenvalue weighted by Gasteiger charge is 2.08. The predicted octanol–water partition coefficient (Wildman–Crippen LogP) is 3.66. The van der Waals surface area contributed by atoms with E-state index in [1.807, 2.05) is 30.5 Å². The van der Waals surface area contributed by atoms with Gasteiger partial charge in [-0.2, -0.15) is 0 Å². The van der Waals surface area contributed by atoms with Crippen molar-refractivity contribution in [3.05, 3.63) is 78.0 Å². The van der Waals surface area contributed by atoms with Crippen LogP contribution in [0.15, 0.2) is 71.9 Å². The molecule has 0 aliphatic heterocycles. The van der Waals surface area contributed by atoms with Crippen LogP contribution in [0.25, 0.3) is 10.9 Å². The lowest BCUT2D eigenvalue weighted by molar-refractivity contribution is 0.686. The largest absolute Gasteiger partial charge is 0.352 e. The number of rotatable bonds is 4. The molecule has 2 aromatic carbocycles. The van der Waals surface area contributed by atoms with Crippen molar-refractivity contribution in [1.29, 1.82) is 0 Å². The zero-order valence-electron chi connectivity index (χ0n) is 14.0. The first-order chi connectivity index (χ1) is 11.8. The number of guanidine groups is 1. The summed E-state index contributed by atoms with van der Waals surface area (Å²) in [5.41, 5.74) is 3.41. The van der Waals surface area contributed by atoms with E-state index < -0.39 is 0 Å². The SMILES string of the molecule is CN=C(NCc1cccc2cccnc12)NC(C)c1ccccc1. The second kappa shape index (κ2) is 7.59. The maximum atomic E-state index is 4.49. The molecule has 4 heteroatoms. The summed E-state index contributed by atoms with van der Waals surface area (Å²) < 4.78 is 0. The molecule has 3 rings (SSSR count). The fourth-order valence-electron chi connectivity index (χ4n) is 2.71. The molecule has 0 fully saturated rings. The number of pyridine rings is 1. The molecule has 4 nitrogen and oxygen atoms in total. The topological polar surface area (TPSA) is 49.3 Å². The van der Waals surface area contributed by atoms with Crippen molar-refractivity contribution >= 4 is 16.9 Å². The summed E-state index contributed by atoms with van der Waals surface area (Å²) in [5, 5.41) is 7.95. The van der Waals surface area contributed by atoms with Gasteiger partial charge in [-0.1, -0.05) is 54.6 Å². The van der Waals surface area contributed by atoms with Crippen molar-refractivity contribution in [3.8, 4) is 0 Å². The van der Waals surface area contributed by atoms with Gasteiger partial charge in [-0.3, -0.25) is 9.98 Å². The second-order valence-corrected chi connectivity index (χ2v) is 5.69. The van der Waals surface area contributed by atoms with Crippen LogP contribution in [0.1, 0.15) is 24.1 Å². The lowest BCUT2D eigenvalue weighted by Crippen LogP contribution is -2.38. The Morgan fingerprint density at radius 2 is 1.83 bits per heavy atom. The van der Waals surface area contributed by atoms with Crippen molar-refractivity contribution in [1.82, 2.24) is 15.6 Å². The van der Waals surface area contributed by atoms with Crippen LogP contribution >= 0.6 is 0 Å². The van der Waals surface area contributed by atoms with E-state index in [2.05, 4.69) is 63.9 Å². The fourth-order valence-corrected chi connectivity index (χ4v) is 2.71. The second-order valence-electron chi connectivity index (χ2n) is 5.69. The van der Waals surface area contributed by atoms with Gasteiger partial charge in [0.1, 0.15) is 0 Å². The molecule has 1 unspecified atom stereocenters. The van der Waals surface area contributed by atoms with Crippen LogP contribution in [-0.4, -0.2) is 18.0 Å². The minimum atomic E-state index is 0.183. The molecule has 1 aromatic heterocycles. The standard InChI is InChI=1S/C20H22N4/c1-15(16-8-4-3-5-9-16)24-20(21-2)23-14-18-11-6-10-17-12-7-13-22-19(17)18/h3-13,15H,14H2,1-2H3,(H2,21,23,24). The van der Waals surface area contributed by atoms with Crippen molar-refractivity contribution in [2.24, 2.45) is 4.99 Å². The third-order valence-electron chi connectivity index (χ3n) is 4.04. The lowest BCUT2D eigenvalue weighted by Gasteiger charge is -2.18. The number of benzene rings is 2. The maximum Gasteiger partial charge on any atom is 0.191 e. The molecule has 122 valence electrons. The van der Waals surface area contributed by atoms with E-state index >= 15 is 0 Å². The first kappa shape index (κ1) is 16.0. The lowest BCUT2D eigenvalue weighted by atomic mass is 10.1. The van der Waals surface area contributed by atoms with Gasteiger partial charge in [0.2, 0.25) is 0 Å². The Bertz CT molecular complexity index is 822. The Hall–Kier alpha value is -2.88. The third kappa shape index (κ3) is 3.71. The quantitative estimate of drug-likeness (QED) is 0.570. The molecule has 0 amide bonds. The van der Waals surface area contributed by atoms with E-state index in [9.17, 15) is 0 Å². The van der Waals surface area contributed by atoms with Gasteiger partial charge in [0.15, 0.2) is 5.96 Å². The molecule has 0 aliphatic rings. The van der Waals surface area contributed by atoms with Gasteiger partial charge in [0.25, 0.3) is 0 Å². The summed E-state index contributed by atoms with van der Waals surface area (Å²) in [4.78, 5) is 8.82. The van der Waals surface area contributed by atoms with E-state index in [0.29, 0.717) is 6.54 Å². The molecule has 0 saturated heterocycles. The third-order valence-corrected chi connectivity index (χ3v) is 4.04. The number of para-hydroxylation sites is 1. The Labute approximate surface area is 142 Å². The van der Waals surface area contributed by atoms with E-state index in [-0.39, 0.29) is 6.04 Å². The Morgan fingerprint density at radius 1 is 1.04 bits per heavy atom. The normalized spacial score (nSPS) is 12.8. The van der Waals surface area contributed by atoms with Crippen LogP contribution in [0.5, 0.6) is 0 Å². The molecular weight excluding hydrogens is 296 g/mol. The first-order valence-electron chi connectivity index (χ1n) is 8.12. The Kier molecular flexibility index (Phi) is 5.06. The van der Waals surface area contributed by atoms with Gasteiger partial charge in [0.05, 0.1) is 11.6 Å². The van der Waals surface area contributed by atoms with Crippen molar-refractivity contribution in [2.45, 2.75) is 19.5 Å². The van der Waals surface area contributed by atoms with Crippen LogP contribution in [0.4, 0.5) is 0 Å². The summed E-state index contributed by atoms with van der Waals surface area (Å²) in [7, 11) is 1.79. The zero-order chi connectivity index (χ0) is 16.8.